The average Bonchev–Trinajstić information content (AvgIpc) is 2.19. The number of fused-ring (bicyclic) bond motifs is 1. The molecule has 66 valence electrons. The van der Waals surface area contributed by atoms with E-state index in [4.69, 9.17) is 5.84 Å². The zero-order valence-electron chi connectivity index (χ0n) is 7.15. The number of aromatic nitrogens is 3. The van der Waals surface area contributed by atoms with Crippen molar-refractivity contribution in [3.05, 3.63) is 24.3 Å². The number of nitrogens with two attached hydrogens (primary N) is 1. The molecule has 0 spiro atoms. The lowest BCUT2D eigenvalue weighted by Crippen LogP contribution is -2.09. The minimum Gasteiger partial charge on any atom is -0.308 e. The first-order valence-electron chi connectivity index (χ1n) is 3.85. The van der Waals surface area contributed by atoms with Gasteiger partial charge in [-0.25, -0.2) is 20.8 Å². The van der Waals surface area contributed by atoms with Crippen LogP contribution in [0.15, 0.2) is 18.7 Å². The van der Waals surface area contributed by atoms with Crippen molar-refractivity contribution in [1.29, 1.82) is 0 Å². The number of anilines is 1. The largest absolute Gasteiger partial charge is 0.308 e. The fraction of sp³-hybridized carbons (Fsp3) is 0.125. The van der Waals surface area contributed by atoms with Crippen molar-refractivity contribution in [2.75, 3.05) is 5.43 Å². The standard InChI is InChI=1S/C8H9N5/c1-5-2-11-8(13-9)6-3-10-4-12-7(5)6/h2-4H,9H2,1H3,(H,11,13). The van der Waals surface area contributed by atoms with Crippen LogP contribution >= 0.6 is 0 Å². The van der Waals surface area contributed by atoms with Gasteiger partial charge in [0.2, 0.25) is 0 Å². The summed E-state index contributed by atoms with van der Waals surface area (Å²) in [4.78, 5) is 12.2. The summed E-state index contributed by atoms with van der Waals surface area (Å²) in [7, 11) is 0. The maximum atomic E-state index is 5.30. The van der Waals surface area contributed by atoms with Gasteiger partial charge in [0.1, 0.15) is 6.33 Å². The summed E-state index contributed by atoms with van der Waals surface area (Å²) >= 11 is 0. The van der Waals surface area contributed by atoms with E-state index in [1.807, 2.05) is 6.92 Å². The van der Waals surface area contributed by atoms with Crippen LogP contribution in [-0.2, 0) is 0 Å². The number of pyridine rings is 1. The van der Waals surface area contributed by atoms with E-state index in [1.54, 1.807) is 12.4 Å². The van der Waals surface area contributed by atoms with Crippen molar-refractivity contribution in [3.8, 4) is 0 Å². The Morgan fingerprint density at radius 3 is 2.92 bits per heavy atom. The molecular formula is C8H9N5. The molecule has 0 saturated heterocycles. The highest BCUT2D eigenvalue weighted by molar-refractivity contribution is 5.89. The van der Waals surface area contributed by atoms with Gasteiger partial charge in [0.15, 0.2) is 5.82 Å². The van der Waals surface area contributed by atoms with Crippen molar-refractivity contribution in [2.24, 2.45) is 5.84 Å². The second kappa shape index (κ2) is 2.95. The molecule has 2 aromatic rings. The fourth-order valence-corrected chi connectivity index (χ4v) is 1.22. The smallest absolute Gasteiger partial charge is 0.150 e. The normalized spacial score (nSPS) is 10.3. The number of nitrogen functional groups attached to an aromatic ring is 1. The molecule has 0 aliphatic heterocycles. The Morgan fingerprint density at radius 2 is 2.15 bits per heavy atom. The van der Waals surface area contributed by atoms with Gasteiger partial charge in [0.05, 0.1) is 10.9 Å². The SMILES string of the molecule is Cc1cnc(NN)c2cncnc12. The lowest BCUT2D eigenvalue weighted by Gasteiger charge is -2.04. The van der Waals surface area contributed by atoms with Gasteiger partial charge in [0, 0.05) is 12.4 Å². The molecule has 0 atom stereocenters. The zero-order chi connectivity index (χ0) is 9.26. The molecule has 0 saturated carbocycles. The summed E-state index contributed by atoms with van der Waals surface area (Å²) in [5.74, 6) is 5.90. The number of rotatable bonds is 1. The van der Waals surface area contributed by atoms with Gasteiger partial charge < -0.3 is 5.43 Å². The molecule has 0 aliphatic rings. The number of hydrogen-bond acceptors (Lipinski definition) is 5. The van der Waals surface area contributed by atoms with Crippen molar-refractivity contribution < 1.29 is 0 Å². The van der Waals surface area contributed by atoms with Crippen LogP contribution in [0.4, 0.5) is 5.82 Å². The van der Waals surface area contributed by atoms with Crippen LogP contribution in [0.1, 0.15) is 5.56 Å². The summed E-state index contributed by atoms with van der Waals surface area (Å²) in [5, 5.41) is 0.838. The van der Waals surface area contributed by atoms with Crippen LogP contribution in [0.25, 0.3) is 10.9 Å². The van der Waals surface area contributed by atoms with Crippen molar-refractivity contribution in [1.82, 2.24) is 15.0 Å². The number of hydrazine groups is 1. The molecule has 2 aromatic heterocycles. The summed E-state index contributed by atoms with van der Waals surface area (Å²) in [6, 6.07) is 0. The Balaban J connectivity index is 2.84. The maximum Gasteiger partial charge on any atom is 0.150 e. The molecule has 5 heteroatoms. The monoisotopic (exact) mass is 175 g/mol. The molecule has 3 N–H and O–H groups in total. The second-order valence-corrected chi connectivity index (χ2v) is 2.72. The third-order valence-corrected chi connectivity index (χ3v) is 1.86. The first-order chi connectivity index (χ1) is 6.33. The third-order valence-electron chi connectivity index (χ3n) is 1.86. The highest BCUT2D eigenvalue weighted by Gasteiger charge is 2.03. The molecule has 2 heterocycles. The van der Waals surface area contributed by atoms with E-state index in [1.165, 1.54) is 6.33 Å². The molecule has 0 bridgehead atoms. The van der Waals surface area contributed by atoms with Gasteiger partial charge in [-0.05, 0) is 12.5 Å². The van der Waals surface area contributed by atoms with Gasteiger partial charge in [-0.15, -0.1) is 0 Å². The number of nitrogens with zero attached hydrogens (tertiary/aromatic N) is 3. The summed E-state index contributed by atoms with van der Waals surface area (Å²) in [5.41, 5.74) is 4.39. The molecule has 5 nitrogen and oxygen atoms in total. The van der Waals surface area contributed by atoms with E-state index < -0.39 is 0 Å². The van der Waals surface area contributed by atoms with Crippen LogP contribution in [0.5, 0.6) is 0 Å². The first-order valence-corrected chi connectivity index (χ1v) is 3.85. The molecule has 0 radical (unpaired) electrons. The lowest BCUT2D eigenvalue weighted by atomic mass is 10.2. The molecule has 0 fully saturated rings. The molecule has 0 aromatic carbocycles. The van der Waals surface area contributed by atoms with E-state index in [-0.39, 0.29) is 0 Å². The Kier molecular flexibility index (Phi) is 1.79. The maximum absolute atomic E-state index is 5.30. The highest BCUT2D eigenvalue weighted by atomic mass is 15.2. The Hall–Kier alpha value is -1.75. The Bertz CT molecular complexity index is 439. The van der Waals surface area contributed by atoms with Gasteiger partial charge in [-0.3, -0.25) is 0 Å². The van der Waals surface area contributed by atoms with E-state index >= 15 is 0 Å². The minimum absolute atomic E-state index is 0.598. The van der Waals surface area contributed by atoms with Crippen molar-refractivity contribution in [2.45, 2.75) is 6.92 Å². The van der Waals surface area contributed by atoms with Crippen molar-refractivity contribution >= 4 is 16.7 Å². The van der Waals surface area contributed by atoms with Crippen LogP contribution in [0.3, 0.4) is 0 Å². The topological polar surface area (TPSA) is 76.7 Å². The second-order valence-electron chi connectivity index (χ2n) is 2.72. The van der Waals surface area contributed by atoms with Crippen LogP contribution < -0.4 is 11.3 Å². The summed E-state index contributed by atoms with van der Waals surface area (Å²) in [6.45, 7) is 1.95. The lowest BCUT2D eigenvalue weighted by molar-refractivity contribution is 1.17. The van der Waals surface area contributed by atoms with Crippen molar-refractivity contribution in [3.63, 3.8) is 0 Å². The fourth-order valence-electron chi connectivity index (χ4n) is 1.22. The number of aryl methyl sites for hydroxylation is 1. The van der Waals surface area contributed by atoms with Gasteiger partial charge in [-0.2, -0.15) is 0 Å². The quantitative estimate of drug-likeness (QED) is 0.490. The van der Waals surface area contributed by atoms with E-state index in [9.17, 15) is 0 Å². The van der Waals surface area contributed by atoms with E-state index in [0.717, 1.165) is 16.5 Å². The molecule has 0 aliphatic carbocycles. The van der Waals surface area contributed by atoms with Crippen LogP contribution in [-0.4, -0.2) is 15.0 Å². The summed E-state index contributed by atoms with van der Waals surface area (Å²) < 4.78 is 0. The minimum atomic E-state index is 0.598. The van der Waals surface area contributed by atoms with E-state index in [0.29, 0.717) is 5.82 Å². The van der Waals surface area contributed by atoms with E-state index in [2.05, 4.69) is 20.4 Å². The molecular weight excluding hydrogens is 166 g/mol. The van der Waals surface area contributed by atoms with Gasteiger partial charge in [-0.1, -0.05) is 0 Å². The first kappa shape index (κ1) is 7.88. The number of hydrogen-bond donors (Lipinski definition) is 2. The van der Waals surface area contributed by atoms with Crippen LogP contribution in [0, 0.1) is 6.92 Å². The Labute approximate surface area is 75.0 Å². The third kappa shape index (κ3) is 1.19. The Morgan fingerprint density at radius 1 is 1.31 bits per heavy atom. The summed E-state index contributed by atoms with van der Waals surface area (Å²) in [6.07, 6.45) is 4.93. The van der Waals surface area contributed by atoms with Gasteiger partial charge >= 0.3 is 0 Å². The molecule has 0 unspecified atom stereocenters. The van der Waals surface area contributed by atoms with Crippen LogP contribution in [0.2, 0.25) is 0 Å². The molecule has 2 rings (SSSR count). The molecule has 13 heavy (non-hydrogen) atoms. The van der Waals surface area contributed by atoms with Gasteiger partial charge in [0.25, 0.3) is 0 Å². The average molecular weight is 175 g/mol. The zero-order valence-corrected chi connectivity index (χ0v) is 7.15. The highest BCUT2D eigenvalue weighted by Crippen LogP contribution is 2.19. The number of nitrogens with one attached hydrogen (secondary N) is 1. The predicted octanol–water partition coefficient (Wildman–Crippen LogP) is 0.619. The predicted molar refractivity (Wildman–Crippen MR) is 49.9 cm³/mol. The molecule has 0 amide bonds.